The lowest BCUT2D eigenvalue weighted by Gasteiger charge is -2.22. The van der Waals surface area contributed by atoms with Gasteiger partial charge in [0.2, 0.25) is 0 Å². The van der Waals surface area contributed by atoms with Gasteiger partial charge >= 0.3 is 12.2 Å². The summed E-state index contributed by atoms with van der Waals surface area (Å²) in [4.78, 5) is 15.0. The number of carbonyl (C=O) groups is 1. The van der Waals surface area contributed by atoms with Crippen molar-refractivity contribution in [2.45, 2.75) is 50.9 Å². The van der Waals surface area contributed by atoms with Crippen LogP contribution in [0.4, 0.5) is 18.0 Å². The summed E-state index contributed by atoms with van der Waals surface area (Å²) < 4.78 is 37.5. The second-order valence-electron chi connectivity index (χ2n) is 5.21. The molecule has 1 fully saturated rings. The van der Waals surface area contributed by atoms with E-state index < -0.39 is 11.9 Å². The summed E-state index contributed by atoms with van der Waals surface area (Å²) in [6.45, 7) is 0.0458. The number of amides is 2. The van der Waals surface area contributed by atoms with E-state index in [1.807, 2.05) is 0 Å². The molecular formula is C14H18F3N3O. The molecule has 1 aromatic rings. The number of urea groups is 1. The third-order valence-electron chi connectivity index (χ3n) is 3.51. The second-order valence-corrected chi connectivity index (χ2v) is 5.21. The van der Waals surface area contributed by atoms with Crippen molar-refractivity contribution >= 4 is 6.03 Å². The molecule has 1 aromatic heterocycles. The summed E-state index contributed by atoms with van der Waals surface area (Å²) in [5.74, 6) is 0. The molecule has 2 amide bonds. The zero-order valence-electron chi connectivity index (χ0n) is 11.5. The maximum Gasteiger partial charge on any atom is 0.433 e. The quantitative estimate of drug-likeness (QED) is 0.900. The van der Waals surface area contributed by atoms with Gasteiger partial charge in [-0.3, -0.25) is 4.98 Å². The minimum Gasteiger partial charge on any atom is -0.335 e. The first-order valence-electron chi connectivity index (χ1n) is 7.01. The number of alkyl halides is 3. The lowest BCUT2D eigenvalue weighted by Crippen LogP contribution is -2.42. The number of halogens is 3. The van der Waals surface area contributed by atoms with Gasteiger partial charge < -0.3 is 10.6 Å². The smallest absolute Gasteiger partial charge is 0.335 e. The van der Waals surface area contributed by atoms with Gasteiger partial charge in [0.05, 0.1) is 0 Å². The molecule has 2 rings (SSSR count). The van der Waals surface area contributed by atoms with Crippen LogP contribution in [0.2, 0.25) is 0 Å². The van der Waals surface area contributed by atoms with Gasteiger partial charge in [0.1, 0.15) is 5.69 Å². The first-order chi connectivity index (χ1) is 9.95. The topological polar surface area (TPSA) is 54.0 Å². The molecule has 0 radical (unpaired) electrons. The SMILES string of the molecule is O=C(NCc1ccnc(C(F)(F)F)c1)NC1CCCCC1. The summed E-state index contributed by atoms with van der Waals surface area (Å²) in [6.07, 6.45) is 1.94. The summed E-state index contributed by atoms with van der Waals surface area (Å²) in [5, 5.41) is 5.43. The van der Waals surface area contributed by atoms with Crippen LogP contribution in [0, 0.1) is 0 Å². The maximum atomic E-state index is 12.5. The van der Waals surface area contributed by atoms with Crippen LogP contribution in [-0.4, -0.2) is 17.1 Å². The molecule has 1 heterocycles. The van der Waals surface area contributed by atoms with Crippen LogP contribution in [0.1, 0.15) is 43.4 Å². The number of aromatic nitrogens is 1. The number of pyridine rings is 1. The van der Waals surface area contributed by atoms with Gasteiger partial charge in [-0.05, 0) is 30.5 Å². The Kier molecular flexibility index (Phi) is 5.03. The van der Waals surface area contributed by atoms with Crippen LogP contribution in [-0.2, 0) is 12.7 Å². The van der Waals surface area contributed by atoms with Crippen molar-refractivity contribution in [3.63, 3.8) is 0 Å². The van der Waals surface area contributed by atoms with Crippen molar-refractivity contribution in [1.82, 2.24) is 15.6 Å². The van der Waals surface area contributed by atoms with Gasteiger partial charge in [0.25, 0.3) is 0 Å². The highest BCUT2D eigenvalue weighted by Gasteiger charge is 2.32. The lowest BCUT2D eigenvalue weighted by molar-refractivity contribution is -0.141. The third-order valence-corrected chi connectivity index (χ3v) is 3.51. The molecule has 1 aliphatic rings. The second kappa shape index (κ2) is 6.78. The summed E-state index contributed by atoms with van der Waals surface area (Å²) in [6, 6.07) is 2.23. The fourth-order valence-corrected chi connectivity index (χ4v) is 2.40. The number of hydrogen-bond acceptors (Lipinski definition) is 2. The molecule has 7 heteroatoms. The Bertz CT molecular complexity index is 485. The first-order valence-corrected chi connectivity index (χ1v) is 7.01. The number of nitrogens with zero attached hydrogens (tertiary/aromatic N) is 1. The maximum absolute atomic E-state index is 12.5. The fraction of sp³-hybridized carbons (Fsp3) is 0.571. The van der Waals surface area contributed by atoms with Crippen LogP contribution in [0.3, 0.4) is 0 Å². The predicted octanol–water partition coefficient (Wildman–Crippen LogP) is 3.23. The highest BCUT2D eigenvalue weighted by molar-refractivity contribution is 5.74. The van der Waals surface area contributed by atoms with Crippen molar-refractivity contribution < 1.29 is 18.0 Å². The van der Waals surface area contributed by atoms with Crippen molar-refractivity contribution in [2.24, 2.45) is 0 Å². The van der Waals surface area contributed by atoms with Gasteiger partial charge in [-0.2, -0.15) is 13.2 Å². The van der Waals surface area contributed by atoms with Crippen molar-refractivity contribution in [3.05, 3.63) is 29.6 Å². The molecule has 21 heavy (non-hydrogen) atoms. The van der Waals surface area contributed by atoms with Crippen LogP contribution in [0.5, 0.6) is 0 Å². The van der Waals surface area contributed by atoms with E-state index in [1.54, 1.807) is 0 Å². The first kappa shape index (κ1) is 15.6. The molecule has 0 unspecified atom stereocenters. The van der Waals surface area contributed by atoms with E-state index in [2.05, 4.69) is 15.6 Å². The Morgan fingerprint density at radius 2 is 2.00 bits per heavy atom. The molecule has 4 nitrogen and oxygen atoms in total. The number of rotatable bonds is 3. The average Bonchev–Trinajstić information content (AvgIpc) is 2.46. The van der Waals surface area contributed by atoms with Crippen molar-refractivity contribution in [1.29, 1.82) is 0 Å². The highest BCUT2D eigenvalue weighted by Crippen LogP contribution is 2.27. The molecule has 0 aliphatic heterocycles. The lowest BCUT2D eigenvalue weighted by atomic mass is 9.96. The molecular weight excluding hydrogens is 283 g/mol. The van der Waals surface area contributed by atoms with E-state index in [-0.39, 0.29) is 18.6 Å². The molecule has 0 saturated heterocycles. The van der Waals surface area contributed by atoms with Crippen LogP contribution < -0.4 is 10.6 Å². The van der Waals surface area contributed by atoms with E-state index >= 15 is 0 Å². The zero-order chi connectivity index (χ0) is 15.3. The molecule has 116 valence electrons. The Balaban J connectivity index is 1.83. The summed E-state index contributed by atoms with van der Waals surface area (Å²) in [5.41, 5.74) is -0.578. The summed E-state index contributed by atoms with van der Waals surface area (Å²) >= 11 is 0. The van der Waals surface area contributed by atoms with Crippen molar-refractivity contribution in [2.75, 3.05) is 0 Å². The fourth-order valence-electron chi connectivity index (χ4n) is 2.40. The Morgan fingerprint density at radius 1 is 1.29 bits per heavy atom. The normalized spacial score (nSPS) is 16.5. The van der Waals surface area contributed by atoms with Gasteiger partial charge in [-0.15, -0.1) is 0 Å². The monoisotopic (exact) mass is 301 g/mol. The van der Waals surface area contributed by atoms with Crippen molar-refractivity contribution in [3.8, 4) is 0 Å². The third kappa shape index (κ3) is 4.91. The summed E-state index contributed by atoms with van der Waals surface area (Å²) in [7, 11) is 0. The number of carbonyl (C=O) groups excluding carboxylic acids is 1. The Hall–Kier alpha value is -1.79. The molecule has 0 bridgehead atoms. The molecule has 0 aromatic carbocycles. The standard InChI is InChI=1S/C14H18F3N3O/c15-14(16,17)12-8-10(6-7-18-12)9-19-13(21)20-11-4-2-1-3-5-11/h6-8,11H,1-5,9H2,(H2,19,20,21). The molecule has 1 saturated carbocycles. The Morgan fingerprint density at radius 3 is 2.67 bits per heavy atom. The van der Waals surface area contributed by atoms with E-state index in [1.165, 1.54) is 12.5 Å². The van der Waals surface area contributed by atoms with Gasteiger partial charge in [-0.1, -0.05) is 19.3 Å². The van der Waals surface area contributed by atoms with Crippen LogP contribution in [0.15, 0.2) is 18.3 Å². The number of nitrogens with one attached hydrogen (secondary N) is 2. The minimum atomic E-state index is -4.47. The minimum absolute atomic E-state index is 0.0458. The highest BCUT2D eigenvalue weighted by atomic mass is 19.4. The predicted molar refractivity (Wildman–Crippen MR) is 71.5 cm³/mol. The molecule has 1 aliphatic carbocycles. The van der Waals surface area contributed by atoms with Crippen LogP contribution >= 0.6 is 0 Å². The average molecular weight is 301 g/mol. The van der Waals surface area contributed by atoms with E-state index in [9.17, 15) is 18.0 Å². The molecule has 0 spiro atoms. The zero-order valence-corrected chi connectivity index (χ0v) is 11.5. The van der Waals surface area contributed by atoms with Crippen LogP contribution in [0.25, 0.3) is 0 Å². The van der Waals surface area contributed by atoms with Gasteiger partial charge in [0, 0.05) is 18.8 Å². The molecule has 0 atom stereocenters. The van der Waals surface area contributed by atoms with E-state index in [4.69, 9.17) is 0 Å². The largest absolute Gasteiger partial charge is 0.433 e. The number of hydrogen-bond donors (Lipinski definition) is 2. The van der Waals surface area contributed by atoms with E-state index in [0.29, 0.717) is 5.56 Å². The molecule has 2 N–H and O–H groups in total. The van der Waals surface area contributed by atoms with Gasteiger partial charge in [-0.25, -0.2) is 4.79 Å². The van der Waals surface area contributed by atoms with Gasteiger partial charge in [0.15, 0.2) is 0 Å². The van der Waals surface area contributed by atoms with E-state index in [0.717, 1.165) is 37.9 Å². The Labute approximate surface area is 121 Å².